The molecule has 0 aliphatic heterocycles. The predicted molar refractivity (Wildman–Crippen MR) is 75.3 cm³/mol. The minimum absolute atomic E-state index is 0.229. The molecule has 2 aromatic rings. The lowest BCUT2D eigenvalue weighted by molar-refractivity contribution is 0.406. The van der Waals surface area contributed by atoms with Crippen molar-refractivity contribution in [1.29, 1.82) is 0 Å². The Bertz CT molecular complexity index is 497. The van der Waals surface area contributed by atoms with Gasteiger partial charge in [0.25, 0.3) is 0 Å². The Morgan fingerprint density at radius 2 is 2.28 bits per heavy atom. The standard InChI is InChI=1S/C14H18N2OS/c1-10-4-5-14(17-3)11(6-10)7-12(15-2)13-8-18-9-16-13/h4-6,8-9,12,15H,7H2,1-3H3. The van der Waals surface area contributed by atoms with Crippen molar-refractivity contribution in [2.24, 2.45) is 0 Å². The van der Waals surface area contributed by atoms with E-state index in [9.17, 15) is 0 Å². The van der Waals surface area contributed by atoms with E-state index in [0.29, 0.717) is 0 Å². The quantitative estimate of drug-likeness (QED) is 0.899. The zero-order valence-electron chi connectivity index (χ0n) is 10.9. The molecule has 0 bridgehead atoms. The van der Waals surface area contributed by atoms with Crippen LogP contribution >= 0.6 is 11.3 Å². The van der Waals surface area contributed by atoms with E-state index in [2.05, 4.69) is 34.7 Å². The second-order valence-electron chi connectivity index (χ2n) is 4.27. The number of aromatic nitrogens is 1. The first-order valence-corrected chi connectivity index (χ1v) is 6.87. The number of rotatable bonds is 5. The van der Waals surface area contributed by atoms with Crippen molar-refractivity contribution in [1.82, 2.24) is 10.3 Å². The molecule has 1 heterocycles. The summed E-state index contributed by atoms with van der Waals surface area (Å²) >= 11 is 1.62. The van der Waals surface area contributed by atoms with Crippen LogP contribution in [-0.4, -0.2) is 19.1 Å². The summed E-state index contributed by atoms with van der Waals surface area (Å²) in [6.45, 7) is 2.10. The Labute approximate surface area is 112 Å². The fraction of sp³-hybridized carbons (Fsp3) is 0.357. The van der Waals surface area contributed by atoms with Gasteiger partial charge in [-0.25, -0.2) is 4.98 Å². The predicted octanol–water partition coefficient (Wildman–Crippen LogP) is 2.96. The average molecular weight is 262 g/mol. The van der Waals surface area contributed by atoms with Gasteiger partial charge < -0.3 is 10.1 Å². The van der Waals surface area contributed by atoms with E-state index in [4.69, 9.17) is 4.74 Å². The van der Waals surface area contributed by atoms with Crippen LogP contribution in [0.3, 0.4) is 0 Å². The van der Waals surface area contributed by atoms with E-state index in [1.165, 1.54) is 11.1 Å². The summed E-state index contributed by atoms with van der Waals surface area (Å²) in [5.74, 6) is 0.941. The normalized spacial score (nSPS) is 12.4. The fourth-order valence-electron chi connectivity index (χ4n) is 2.04. The average Bonchev–Trinajstić information content (AvgIpc) is 2.90. The molecular weight excluding hydrogens is 244 g/mol. The topological polar surface area (TPSA) is 34.1 Å². The Morgan fingerprint density at radius 3 is 2.89 bits per heavy atom. The molecule has 96 valence electrons. The van der Waals surface area contributed by atoms with E-state index in [1.54, 1.807) is 18.4 Å². The van der Waals surface area contributed by atoms with Crippen molar-refractivity contribution in [3.8, 4) is 5.75 Å². The SMILES string of the molecule is CNC(Cc1cc(C)ccc1OC)c1cscn1. The highest BCUT2D eigenvalue weighted by Crippen LogP contribution is 2.25. The number of thiazole rings is 1. The zero-order valence-corrected chi connectivity index (χ0v) is 11.8. The highest BCUT2D eigenvalue weighted by Gasteiger charge is 2.14. The molecule has 0 saturated carbocycles. The van der Waals surface area contributed by atoms with Crippen LogP contribution in [0.1, 0.15) is 22.9 Å². The molecule has 0 aliphatic carbocycles. The van der Waals surface area contributed by atoms with Crippen LogP contribution in [0.15, 0.2) is 29.1 Å². The number of nitrogens with one attached hydrogen (secondary N) is 1. The van der Waals surface area contributed by atoms with Gasteiger partial charge in [-0.2, -0.15) is 0 Å². The van der Waals surface area contributed by atoms with Gasteiger partial charge in [-0.05, 0) is 32.0 Å². The fourth-order valence-corrected chi connectivity index (χ4v) is 2.64. The van der Waals surface area contributed by atoms with Gasteiger partial charge in [0.2, 0.25) is 0 Å². The molecule has 0 amide bonds. The Kier molecular flexibility index (Phi) is 4.33. The highest BCUT2D eigenvalue weighted by molar-refractivity contribution is 7.07. The van der Waals surface area contributed by atoms with Gasteiger partial charge in [0.15, 0.2) is 0 Å². The number of likely N-dealkylation sites (N-methyl/N-ethyl adjacent to an activating group) is 1. The Hall–Kier alpha value is -1.39. The van der Waals surface area contributed by atoms with E-state index < -0.39 is 0 Å². The summed E-state index contributed by atoms with van der Waals surface area (Å²) < 4.78 is 5.42. The molecule has 0 spiro atoms. The van der Waals surface area contributed by atoms with Crippen LogP contribution in [0, 0.1) is 6.92 Å². The van der Waals surface area contributed by atoms with E-state index in [1.807, 2.05) is 18.6 Å². The van der Waals surface area contributed by atoms with Crippen LogP contribution in [0.5, 0.6) is 5.75 Å². The van der Waals surface area contributed by atoms with Crippen LogP contribution < -0.4 is 10.1 Å². The Morgan fingerprint density at radius 1 is 1.44 bits per heavy atom. The molecule has 1 aromatic carbocycles. The molecule has 1 unspecified atom stereocenters. The third-order valence-electron chi connectivity index (χ3n) is 3.02. The molecular formula is C14H18N2OS. The lowest BCUT2D eigenvalue weighted by Crippen LogP contribution is -2.19. The number of aryl methyl sites for hydroxylation is 1. The van der Waals surface area contributed by atoms with Gasteiger partial charge in [0.05, 0.1) is 24.4 Å². The first-order chi connectivity index (χ1) is 8.74. The summed E-state index contributed by atoms with van der Waals surface area (Å²) in [5, 5.41) is 5.40. The maximum Gasteiger partial charge on any atom is 0.122 e. The molecule has 3 nitrogen and oxygen atoms in total. The van der Waals surface area contributed by atoms with Crippen molar-refractivity contribution in [2.75, 3.05) is 14.2 Å². The number of methoxy groups -OCH3 is 1. The van der Waals surface area contributed by atoms with Gasteiger partial charge >= 0.3 is 0 Å². The summed E-state index contributed by atoms with van der Waals surface area (Å²) in [6, 6.07) is 6.50. The summed E-state index contributed by atoms with van der Waals surface area (Å²) in [7, 11) is 3.68. The van der Waals surface area contributed by atoms with Crippen LogP contribution in [0.4, 0.5) is 0 Å². The molecule has 4 heteroatoms. The minimum atomic E-state index is 0.229. The number of hydrogen-bond acceptors (Lipinski definition) is 4. The molecule has 0 saturated heterocycles. The molecule has 18 heavy (non-hydrogen) atoms. The van der Waals surface area contributed by atoms with Gasteiger partial charge in [0, 0.05) is 5.38 Å². The van der Waals surface area contributed by atoms with Crippen LogP contribution in [-0.2, 0) is 6.42 Å². The van der Waals surface area contributed by atoms with E-state index >= 15 is 0 Å². The van der Waals surface area contributed by atoms with Crippen molar-refractivity contribution >= 4 is 11.3 Å². The molecule has 0 radical (unpaired) electrons. The lowest BCUT2D eigenvalue weighted by Gasteiger charge is -2.16. The van der Waals surface area contributed by atoms with Gasteiger partial charge in [0.1, 0.15) is 5.75 Å². The van der Waals surface area contributed by atoms with Crippen molar-refractivity contribution in [3.63, 3.8) is 0 Å². The molecule has 0 fully saturated rings. The van der Waals surface area contributed by atoms with Gasteiger partial charge in [-0.15, -0.1) is 11.3 Å². The first-order valence-electron chi connectivity index (χ1n) is 5.93. The van der Waals surface area contributed by atoms with Crippen molar-refractivity contribution in [2.45, 2.75) is 19.4 Å². The van der Waals surface area contributed by atoms with Crippen LogP contribution in [0.25, 0.3) is 0 Å². The van der Waals surface area contributed by atoms with Crippen molar-refractivity contribution in [3.05, 3.63) is 45.9 Å². The number of nitrogens with zero attached hydrogens (tertiary/aromatic N) is 1. The molecule has 0 aliphatic rings. The van der Waals surface area contributed by atoms with Crippen LogP contribution in [0.2, 0.25) is 0 Å². The largest absolute Gasteiger partial charge is 0.496 e. The number of hydrogen-bond donors (Lipinski definition) is 1. The minimum Gasteiger partial charge on any atom is -0.496 e. The molecule has 2 rings (SSSR count). The second kappa shape index (κ2) is 5.98. The zero-order chi connectivity index (χ0) is 13.0. The smallest absolute Gasteiger partial charge is 0.122 e. The second-order valence-corrected chi connectivity index (χ2v) is 4.99. The van der Waals surface area contributed by atoms with Gasteiger partial charge in [-0.3, -0.25) is 0 Å². The molecule has 1 aromatic heterocycles. The third kappa shape index (κ3) is 2.89. The van der Waals surface area contributed by atoms with E-state index in [-0.39, 0.29) is 6.04 Å². The van der Waals surface area contributed by atoms with Gasteiger partial charge in [-0.1, -0.05) is 17.7 Å². The molecule has 1 atom stereocenters. The lowest BCUT2D eigenvalue weighted by atomic mass is 10.0. The van der Waals surface area contributed by atoms with E-state index in [0.717, 1.165) is 17.9 Å². The van der Waals surface area contributed by atoms with Crippen molar-refractivity contribution < 1.29 is 4.74 Å². The summed E-state index contributed by atoms with van der Waals surface area (Å²) in [4.78, 5) is 4.38. The highest BCUT2D eigenvalue weighted by atomic mass is 32.1. The maximum absolute atomic E-state index is 5.42. The molecule has 1 N–H and O–H groups in total. The number of ether oxygens (including phenoxy) is 1. The summed E-state index contributed by atoms with van der Waals surface area (Å²) in [6.07, 6.45) is 0.880. The number of benzene rings is 1. The first kappa shape index (κ1) is 13.1. The summed E-state index contributed by atoms with van der Waals surface area (Å²) in [5.41, 5.74) is 5.42. The Balaban J connectivity index is 2.24. The maximum atomic E-state index is 5.42. The third-order valence-corrected chi connectivity index (χ3v) is 3.62. The monoisotopic (exact) mass is 262 g/mol.